The average Bonchev–Trinajstić information content (AvgIpc) is 2.91. The quantitative estimate of drug-likeness (QED) is 0.546. The number of anilines is 1. The van der Waals surface area contributed by atoms with Crippen molar-refractivity contribution in [3.63, 3.8) is 0 Å². The second-order valence-electron chi connectivity index (χ2n) is 6.12. The number of aromatic nitrogens is 2. The molecule has 0 saturated heterocycles. The molecule has 8 nitrogen and oxygen atoms in total. The van der Waals surface area contributed by atoms with Crippen molar-refractivity contribution in [2.24, 2.45) is 0 Å². The molecule has 0 atom stereocenters. The van der Waals surface area contributed by atoms with Gasteiger partial charge in [-0.3, -0.25) is 9.89 Å². The third-order valence-corrected chi connectivity index (χ3v) is 2.74. The van der Waals surface area contributed by atoms with Gasteiger partial charge in [0.1, 0.15) is 17.0 Å². The van der Waals surface area contributed by atoms with Crippen LogP contribution in [0.1, 0.15) is 50.9 Å². The standard InChI is InChI=1S/C15H27N5O3/c1-5-7-16-12-11(10-19-20-12)13(21)17-8-6-9-18-14(22)23-15(2,3)4/h10H,5-9H2,1-4H3,(H,17,21)(H,18,22)(H2,16,19,20). The van der Waals surface area contributed by atoms with Crippen LogP contribution >= 0.6 is 0 Å². The number of nitrogens with zero attached hydrogens (tertiary/aromatic N) is 1. The highest BCUT2D eigenvalue weighted by molar-refractivity contribution is 5.98. The Hall–Kier alpha value is -2.25. The van der Waals surface area contributed by atoms with Crippen molar-refractivity contribution in [1.82, 2.24) is 20.8 Å². The van der Waals surface area contributed by atoms with Crippen molar-refractivity contribution in [3.8, 4) is 0 Å². The molecular formula is C15H27N5O3. The summed E-state index contributed by atoms with van der Waals surface area (Å²) in [6.45, 7) is 9.11. The second kappa shape index (κ2) is 9.02. The molecule has 2 amide bonds. The number of nitrogens with one attached hydrogen (secondary N) is 4. The summed E-state index contributed by atoms with van der Waals surface area (Å²) in [7, 11) is 0. The summed E-state index contributed by atoms with van der Waals surface area (Å²) in [6.07, 6.45) is 2.60. The van der Waals surface area contributed by atoms with Gasteiger partial charge >= 0.3 is 6.09 Å². The lowest BCUT2D eigenvalue weighted by molar-refractivity contribution is 0.0527. The first-order valence-electron chi connectivity index (χ1n) is 7.85. The van der Waals surface area contributed by atoms with E-state index in [1.54, 1.807) is 0 Å². The fourth-order valence-corrected chi connectivity index (χ4v) is 1.73. The van der Waals surface area contributed by atoms with E-state index < -0.39 is 11.7 Å². The van der Waals surface area contributed by atoms with Crippen LogP contribution in [0.4, 0.5) is 10.6 Å². The molecule has 0 fully saturated rings. The maximum atomic E-state index is 12.1. The van der Waals surface area contributed by atoms with Gasteiger partial charge in [-0.15, -0.1) is 0 Å². The zero-order chi connectivity index (χ0) is 17.3. The van der Waals surface area contributed by atoms with Gasteiger partial charge in [0.2, 0.25) is 0 Å². The molecule has 1 aromatic rings. The van der Waals surface area contributed by atoms with E-state index in [4.69, 9.17) is 4.74 Å². The molecule has 0 bridgehead atoms. The molecule has 0 aromatic carbocycles. The molecule has 0 radical (unpaired) electrons. The van der Waals surface area contributed by atoms with E-state index >= 15 is 0 Å². The number of alkyl carbamates (subject to hydrolysis) is 1. The van der Waals surface area contributed by atoms with Gasteiger partial charge < -0.3 is 20.7 Å². The molecule has 1 heterocycles. The summed E-state index contributed by atoms with van der Waals surface area (Å²) in [5, 5.41) is 15.2. The van der Waals surface area contributed by atoms with Crippen LogP contribution in [-0.2, 0) is 4.74 Å². The van der Waals surface area contributed by atoms with Crippen molar-refractivity contribution >= 4 is 17.8 Å². The van der Waals surface area contributed by atoms with Gasteiger partial charge in [0.25, 0.3) is 5.91 Å². The average molecular weight is 325 g/mol. The zero-order valence-electron chi connectivity index (χ0n) is 14.3. The Kier molecular flexibility index (Phi) is 7.37. The molecule has 0 aliphatic rings. The van der Waals surface area contributed by atoms with Gasteiger partial charge in [-0.05, 0) is 33.6 Å². The third kappa shape index (κ3) is 7.53. The zero-order valence-corrected chi connectivity index (χ0v) is 14.3. The lowest BCUT2D eigenvalue weighted by Crippen LogP contribution is -2.34. The first kappa shape index (κ1) is 18.8. The minimum atomic E-state index is -0.512. The van der Waals surface area contributed by atoms with E-state index in [1.165, 1.54) is 6.20 Å². The van der Waals surface area contributed by atoms with E-state index in [0.717, 1.165) is 13.0 Å². The molecule has 1 aromatic heterocycles. The minimum Gasteiger partial charge on any atom is -0.444 e. The molecule has 0 aliphatic carbocycles. The smallest absolute Gasteiger partial charge is 0.407 e. The van der Waals surface area contributed by atoms with E-state index in [1.807, 2.05) is 27.7 Å². The Bertz CT molecular complexity index is 507. The summed E-state index contributed by atoms with van der Waals surface area (Å²) < 4.78 is 5.12. The van der Waals surface area contributed by atoms with Gasteiger partial charge in [-0.1, -0.05) is 6.92 Å². The number of carbonyl (C=O) groups is 2. The molecular weight excluding hydrogens is 298 g/mol. The lowest BCUT2D eigenvalue weighted by Gasteiger charge is -2.19. The van der Waals surface area contributed by atoms with Crippen LogP contribution < -0.4 is 16.0 Å². The Morgan fingerprint density at radius 3 is 2.57 bits per heavy atom. The van der Waals surface area contributed by atoms with E-state index in [2.05, 4.69) is 26.1 Å². The summed E-state index contributed by atoms with van der Waals surface area (Å²) in [5.41, 5.74) is -0.0277. The minimum absolute atomic E-state index is 0.199. The number of H-pyrrole nitrogens is 1. The van der Waals surface area contributed by atoms with E-state index in [9.17, 15) is 9.59 Å². The van der Waals surface area contributed by atoms with E-state index in [-0.39, 0.29) is 5.91 Å². The Balaban J connectivity index is 2.24. The largest absolute Gasteiger partial charge is 0.444 e. The van der Waals surface area contributed by atoms with Crippen molar-refractivity contribution in [2.75, 3.05) is 25.0 Å². The predicted molar refractivity (Wildman–Crippen MR) is 88.6 cm³/mol. The maximum Gasteiger partial charge on any atom is 0.407 e. The number of hydrogen-bond acceptors (Lipinski definition) is 5. The molecule has 4 N–H and O–H groups in total. The highest BCUT2D eigenvalue weighted by Gasteiger charge is 2.16. The van der Waals surface area contributed by atoms with Crippen molar-refractivity contribution < 1.29 is 14.3 Å². The molecule has 130 valence electrons. The van der Waals surface area contributed by atoms with Gasteiger partial charge in [-0.25, -0.2) is 4.79 Å². The first-order valence-corrected chi connectivity index (χ1v) is 7.85. The summed E-state index contributed by atoms with van der Waals surface area (Å²) in [6, 6.07) is 0. The van der Waals surface area contributed by atoms with E-state index in [0.29, 0.717) is 30.9 Å². The molecule has 0 aliphatic heterocycles. The van der Waals surface area contributed by atoms with Gasteiger partial charge in [0.05, 0.1) is 6.20 Å². The molecule has 1 rings (SSSR count). The fraction of sp³-hybridized carbons (Fsp3) is 0.667. The summed E-state index contributed by atoms with van der Waals surface area (Å²) in [4.78, 5) is 23.5. The van der Waals surface area contributed by atoms with Crippen LogP contribution in [0, 0.1) is 0 Å². The normalized spacial score (nSPS) is 11.0. The van der Waals surface area contributed by atoms with Crippen molar-refractivity contribution in [2.45, 2.75) is 46.1 Å². The van der Waals surface area contributed by atoms with Crippen LogP contribution in [0.15, 0.2) is 6.20 Å². The number of hydrogen-bond donors (Lipinski definition) is 4. The molecule has 0 spiro atoms. The Morgan fingerprint density at radius 2 is 1.91 bits per heavy atom. The van der Waals surface area contributed by atoms with Crippen LogP contribution in [0.25, 0.3) is 0 Å². The lowest BCUT2D eigenvalue weighted by atomic mass is 10.2. The number of ether oxygens (including phenoxy) is 1. The van der Waals surface area contributed by atoms with Crippen LogP contribution in [-0.4, -0.2) is 47.4 Å². The number of carbonyl (C=O) groups excluding carboxylic acids is 2. The molecule has 0 unspecified atom stereocenters. The molecule has 8 heteroatoms. The van der Waals surface area contributed by atoms with Gasteiger partial charge in [-0.2, -0.15) is 5.10 Å². The fourth-order valence-electron chi connectivity index (χ4n) is 1.73. The van der Waals surface area contributed by atoms with Crippen LogP contribution in [0.5, 0.6) is 0 Å². The molecule has 0 saturated carbocycles. The van der Waals surface area contributed by atoms with Crippen molar-refractivity contribution in [1.29, 1.82) is 0 Å². The molecule has 23 heavy (non-hydrogen) atoms. The first-order chi connectivity index (χ1) is 10.8. The highest BCUT2D eigenvalue weighted by Crippen LogP contribution is 2.10. The number of rotatable bonds is 8. The van der Waals surface area contributed by atoms with Gasteiger partial charge in [0.15, 0.2) is 0 Å². The van der Waals surface area contributed by atoms with Crippen LogP contribution in [0.2, 0.25) is 0 Å². The van der Waals surface area contributed by atoms with Crippen LogP contribution in [0.3, 0.4) is 0 Å². The Morgan fingerprint density at radius 1 is 1.22 bits per heavy atom. The maximum absolute atomic E-state index is 12.1. The SMILES string of the molecule is CCCNc1[nH]ncc1C(=O)NCCCNC(=O)OC(C)(C)C. The topological polar surface area (TPSA) is 108 Å². The monoisotopic (exact) mass is 325 g/mol. The van der Waals surface area contributed by atoms with Crippen molar-refractivity contribution in [3.05, 3.63) is 11.8 Å². The van der Waals surface area contributed by atoms with Gasteiger partial charge in [0, 0.05) is 19.6 Å². The number of aromatic amines is 1. The summed E-state index contributed by atoms with van der Waals surface area (Å²) >= 11 is 0. The number of amides is 2. The second-order valence-corrected chi connectivity index (χ2v) is 6.12. The Labute approximate surface area is 136 Å². The third-order valence-electron chi connectivity index (χ3n) is 2.74. The predicted octanol–water partition coefficient (Wildman–Crippen LogP) is 1.88. The summed E-state index contributed by atoms with van der Waals surface area (Å²) in [5.74, 6) is 0.422. The highest BCUT2D eigenvalue weighted by atomic mass is 16.6.